The van der Waals surface area contributed by atoms with Crippen LogP contribution in [-0.4, -0.2) is 27.6 Å². The van der Waals surface area contributed by atoms with Crippen LogP contribution in [0.25, 0.3) is 0 Å². The summed E-state index contributed by atoms with van der Waals surface area (Å²) in [6, 6.07) is 0. The Morgan fingerprint density at radius 2 is 1.82 bits per heavy atom. The molecule has 0 N–H and O–H groups in total. The van der Waals surface area contributed by atoms with Crippen molar-refractivity contribution in [3.63, 3.8) is 0 Å². The smallest absolute Gasteiger partial charge is 0.0619 e. The molecule has 1 nitrogen and oxygen atoms in total. The molecule has 0 aromatic rings. The summed E-state index contributed by atoms with van der Waals surface area (Å²) in [6.45, 7) is 13.9. The Bertz CT molecular complexity index is 152. The Hall–Kier alpha value is 0.310. The quantitative estimate of drug-likeness (QED) is 0.599. The van der Waals surface area contributed by atoms with E-state index in [-0.39, 0.29) is 0 Å². The third-order valence-corrected chi connectivity index (χ3v) is 3.68. The van der Waals surface area contributed by atoms with Crippen molar-refractivity contribution in [2.75, 3.05) is 13.1 Å². The molecule has 1 aliphatic heterocycles. The predicted octanol–water partition coefficient (Wildman–Crippen LogP) is 2.57. The average molecular weight is 173 g/mol. The summed E-state index contributed by atoms with van der Waals surface area (Å²) in [6.07, 6.45) is 0. The minimum absolute atomic E-state index is 0.345. The highest BCUT2D eigenvalue weighted by Gasteiger charge is 2.42. The molecule has 0 spiro atoms. The van der Waals surface area contributed by atoms with Crippen molar-refractivity contribution in [1.29, 1.82) is 0 Å². The molecule has 1 fully saturated rings. The van der Waals surface area contributed by atoms with Gasteiger partial charge in [0.05, 0.1) is 4.87 Å². The third-order valence-electron chi connectivity index (χ3n) is 2.24. The zero-order valence-corrected chi connectivity index (χ0v) is 9.09. The van der Waals surface area contributed by atoms with E-state index in [4.69, 9.17) is 0 Å². The second kappa shape index (κ2) is 2.67. The topological polar surface area (TPSA) is 3.24 Å². The summed E-state index contributed by atoms with van der Waals surface area (Å²) in [5.41, 5.74) is 0. The van der Waals surface area contributed by atoms with Crippen LogP contribution in [0.1, 0.15) is 34.6 Å². The van der Waals surface area contributed by atoms with E-state index < -0.39 is 0 Å². The number of nitrogens with zero attached hydrogens (tertiary/aromatic N) is 1. The summed E-state index contributed by atoms with van der Waals surface area (Å²) in [4.78, 5) is 2.88. The SMILES string of the molecule is CCN1CC(C)(C)SC1(C)C. The van der Waals surface area contributed by atoms with Crippen molar-refractivity contribution in [2.45, 2.75) is 44.2 Å². The summed E-state index contributed by atoms with van der Waals surface area (Å²) in [7, 11) is 0. The second-order valence-electron chi connectivity index (χ2n) is 4.32. The van der Waals surface area contributed by atoms with Crippen LogP contribution in [0.5, 0.6) is 0 Å². The number of hydrogen-bond acceptors (Lipinski definition) is 2. The molecule has 1 aliphatic rings. The van der Waals surface area contributed by atoms with Crippen molar-refractivity contribution in [2.24, 2.45) is 0 Å². The Labute approximate surface area is 74.5 Å². The molecule has 0 aliphatic carbocycles. The molecule has 0 radical (unpaired) electrons. The minimum atomic E-state index is 0.345. The fourth-order valence-electron chi connectivity index (χ4n) is 1.92. The van der Waals surface area contributed by atoms with Gasteiger partial charge in [0.25, 0.3) is 0 Å². The number of rotatable bonds is 1. The molecular weight excluding hydrogens is 154 g/mol. The van der Waals surface area contributed by atoms with Gasteiger partial charge in [-0.05, 0) is 34.2 Å². The summed E-state index contributed by atoms with van der Waals surface area (Å²) in [5.74, 6) is 0. The fourth-order valence-corrected chi connectivity index (χ4v) is 3.81. The maximum Gasteiger partial charge on any atom is 0.0619 e. The molecule has 1 saturated heterocycles. The predicted molar refractivity (Wildman–Crippen MR) is 53.0 cm³/mol. The van der Waals surface area contributed by atoms with E-state index in [1.165, 1.54) is 13.1 Å². The monoisotopic (exact) mass is 173 g/mol. The second-order valence-corrected chi connectivity index (χ2v) is 6.63. The summed E-state index contributed by atoms with van der Waals surface area (Å²) in [5, 5.41) is 0. The maximum absolute atomic E-state index is 2.54. The van der Waals surface area contributed by atoms with E-state index in [2.05, 4.69) is 51.3 Å². The molecule has 0 saturated carbocycles. The van der Waals surface area contributed by atoms with Gasteiger partial charge in [-0.25, -0.2) is 0 Å². The van der Waals surface area contributed by atoms with Crippen LogP contribution in [0, 0.1) is 0 Å². The van der Waals surface area contributed by atoms with Crippen LogP contribution < -0.4 is 0 Å². The van der Waals surface area contributed by atoms with E-state index in [9.17, 15) is 0 Å². The lowest BCUT2D eigenvalue weighted by molar-refractivity contribution is 0.219. The van der Waals surface area contributed by atoms with Crippen LogP contribution in [-0.2, 0) is 0 Å². The largest absolute Gasteiger partial charge is 0.288 e. The lowest BCUT2D eigenvalue weighted by atomic mass is 10.2. The first-order valence-electron chi connectivity index (χ1n) is 4.32. The van der Waals surface area contributed by atoms with Crippen molar-refractivity contribution >= 4 is 11.8 Å². The van der Waals surface area contributed by atoms with Crippen LogP contribution >= 0.6 is 11.8 Å². The van der Waals surface area contributed by atoms with Crippen LogP contribution in [0.2, 0.25) is 0 Å². The highest BCUT2D eigenvalue weighted by atomic mass is 32.2. The molecule has 1 rings (SSSR count). The molecule has 0 amide bonds. The zero-order chi connectivity index (χ0) is 8.70. The molecule has 0 bridgehead atoms. The van der Waals surface area contributed by atoms with Gasteiger partial charge in [-0.3, -0.25) is 4.90 Å². The Balaban J connectivity index is 2.71. The van der Waals surface area contributed by atoms with Gasteiger partial charge in [0.2, 0.25) is 0 Å². The number of hydrogen-bond donors (Lipinski definition) is 0. The first-order chi connectivity index (χ1) is 4.87. The first-order valence-corrected chi connectivity index (χ1v) is 5.14. The van der Waals surface area contributed by atoms with Crippen LogP contribution in [0.15, 0.2) is 0 Å². The third kappa shape index (κ3) is 1.91. The van der Waals surface area contributed by atoms with Crippen LogP contribution in [0.3, 0.4) is 0 Å². The van der Waals surface area contributed by atoms with E-state index in [1.54, 1.807) is 0 Å². The van der Waals surface area contributed by atoms with Crippen molar-refractivity contribution < 1.29 is 0 Å². The molecule has 0 aromatic carbocycles. The molecule has 66 valence electrons. The van der Waals surface area contributed by atoms with Gasteiger partial charge in [0.1, 0.15) is 0 Å². The Kier molecular flexibility index (Phi) is 2.28. The van der Waals surface area contributed by atoms with Crippen molar-refractivity contribution in [3.05, 3.63) is 0 Å². The lowest BCUT2D eigenvalue weighted by Crippen LogP contribution is -2.36. The van der Waals surface area contributed by atoms with Gasteiger partial charge in [0, 0.05) is 11.3 Å². The van der Waals surface area contributed by atoms with Gasteiger partial charge >= 0.3 is 0 Å². The molecule has 1 heterocycles. The highest BCUT2D eigenvalue weighted by molar-refractivity contribution is 8.02. The van der Waals surface area contributed by atoms with Gasteiger partial charge in [-0.15, -0.1) is 11.8 Å². The van der Waals surface area contributed by atoms with Gasteiger partial charge < -0.3 is 0 Å². The Morgan fingerprint density at radius 1 is 1.27 bits per heavy atom. The van der Waals surface area contributed by atoms with E-state index >= 15 is 0 Å². The minimum Gasteiger partial charge on any atom is -0.288 e. The zero-order valence-electron chi connectivity index (χ0n) is 8.27. The van der Waals surface area contributed by atoms with Gasteiger partial charge in [0.15, 0.2) is 0 Å². The maximum atomic E-state index is 2.54. The van der Waals surface area contributed by atoms with Crippen molar-refractivity contribution in [1.82, 2.24) is 4.90 Å². The van der Waals surface area contributed by atoms with Gasteiger partial charge in [-0.2, -0.15) is 0 Å². The average Bonchev–Trinajstić information content (AvgIpc) is 1.99. The van der Waals surface area contributed by atoms with E-state index in [0.717, 1.165) is 0 Å². The van der Waals surface area contributed by atoms with E-state index in [1.807, 2.05) is 0 Å². The Morgan fingerprint density at radius 3 is 2.00 bits per heavy atom. The first kappa shape index (κ1) is 9.40. The van der Waals surface area contributed by atoms with Gasteiger partial charge in [-0.1, -0.05) is 6.92 Å². The molecule has 0 atom stereocenters. The summed E-state index contributed by atoms with van der Waals surface area (Å²) >= 11 is 2.08. The highest BCUT2D eigenvalue weighted by Crippen LogP contribution is 2.46. The molecule has 0 aromatic heterocycles. The number of thioether (sulfide) groups is 1. The summed E-state index contributed by atoms with van der Waals surface area (Å²) < 4.78 is 0.444. The molecule has 0 unspecified atom stereocenters. The lowest BCUT2D eigenvalue weighted by Gasteiger charge is -2.28. The molecule has 11 heavy (non-hydrogen) atoms. The van der Waals surface area contributed by atoms with Crippen molar-refractivity contribution in [3.8, 4) is 0 Å². The standard InChI is InChI=1S/C9H19NS/c1-6-10-7-8(2,3)11-9(10,4)5/h6-7H2,1-5H3. The molecular formula is C9H19NS. The molecule has 2 heteroatoms. The fraction of sp³-hybridized carbons (Fsp3) is 1.00. The van der Waals surface area contributed by atoms with Crippen LogP contribution in [0.4, 0.5) is 0 Å². The normalized spacial score (nSPS) is 29.2. The van der Waals surface area contributed by atoms with E-state index in [0.29, 0.717) is 9.62 Å².